The number of piperazine rings is 1. The lowest BCUT2D eigenvalue weighted by atomic mass is 10.00. The minimum atomic E-state index is -0.178. The van der Waals surface area contributed by atoms with Gasteiger partial charge in [0.25, 0.3) is 0 Å². The molecule has 0 aliphatic carbocycles. The smallest absolute Gasteiger partial charge is 0.229 e. The molecule has 1 N–H and O–H groups in total. The molecule has 1 saturated heterocycles. The van der Waals surface area contributed by atoms with Crippen molar-refractivity contribution in [3.8, 4) is 11.1 Å². The first-order valence-corrected chi connectivity index (χ1v) is 11.1. The summed E-state index contributed by atoms with van der Waals surface area (Å²) in [6.45, 7) is 13.9. The molecular weight excluding hydrogens is 428 g/mol. The van der Waals surface area contributed by atoms with Crippen molar-refractivity contribution in [1.82, 2.24) is 14.9 Å². The highest BCUT2D eigenvalue weighted by atomic mass is 16.2. The van der Waals surface area contributed by atoms with Crippen LogP contribution in [0.2, 0.25) is 0 Å². The summed E-state index contributed by atoms with van der Waals surface area (Å²) in [6.07, 6.45) is 3.63. The predicted molar refractivity (Wildman–Crippen MR) is 132 cm³/mol. The lowest BCUT2D eigenvalue weighted by molar-refractivity contribution is -0.129. The van der Waals surface area contributed by atoms with Gasteiger partial charge in [-0.15, -0.1) is 0 Å². The zero-order valence-electron chi connectivity index (χ0n) is 19.3. The van der Waals surface area contributed by atoms with Crippen molar-refractivity contribution >= 4 is 29.0 Å². The fourth-order valence-corrected chi connectivity index (χ4v) is 4.03. The van der Waals surface area contributed by atoms with Gasteiger partial charge in [0.15, 0.2) is 5.69 Å². The fraction of sp³-hybridized carbons (Fsp3) is 0.269. The van der Waals surface area contributed by atoms with Gasteiger partial charge in [0.05, 0.1) is 24.9 Å². The molecule has 2 amide bonds. The third-order valence-electron chi connectivity index (χ3n) is 5.86. The van der Waals surface area contributed by atoms with E-state index in [1.165, 1.54) is 0 Å². The first-order chi connectivity index (χ1) is 16.4. The molecule has 1 aliphatic heterocycles. The van der Waals surface area contributed by atoms with Gasteiger partial charge in [0, 0.05) is 45.0 Å². The molecule has 1 fully saturated rings. The third-order valence-corrected chi connectivity index (χ3v) is 5.86. The first kappa shape index (κ1) is 22.9. The number of hydrogen-bond acceptors (Lipinski definition) is 5. The Bertz CT molecular complexity index is 1240. The molecule has 1 aliphatic rings. The van der Waals surface area contributed by atoms with Gasteiger partial charge in [-0.1, -0.05) is 18.2 Å². The quantitative estimate of drug-likeness (QED) is 0.592. The maximum atomic E-state index is 12.7. The molecule has 0 spiro atoms. The van der Waals surface area contributed by atoms with Crippen LogP contribution in [0.4, 0.5) is 17.2 Å². The van der Waals surface area contributed by atoms with Crippen molar-refractivity contribution in [3.05, 3.63) is 77.5 Å². The number of hydrogen-bond donors (Lipinski definition) is 1. The van der Waals surface area contributed by atoms with Crippen molar-refractivity contribution in [2.75, 3.05) is 36.4 Å². The van der Waals surface area contributed by atoms with Gasteiger partial charge in [-0.3, -0.25) is 14.6 Å². The van der Waals surface area contributed by atoms with E-state index < -0.39 is 0 Å². The van der Waals surface area contributed by atoms with Crippen molar-refractivity contribution in [1.29, 1.82) is 0 Å². The molecule has 1 aromatic carbocycles. The number of carbonyl (C=O) groups is 2. The van der Waals surface area contributed by atoms with Crippen LogP contribution in [-0.2, 0) is 16.0 Å². The fourth-order valence-electron chi connectivity index (χ4n) is 4.03. The van der Waals surface area contributed by atoms with Crippen molar-refractivity contribution in [2.24, 2.45) is 0 Å². The Morgan fingerprint density at radius 1 is 1.06 bits per heavy atom. The van der Waals surface area contributed by atoms with Crippen LogP contribution in [-0.4, -0.2) is 52.9 Å². The highest BCUT2D eigenvalue weighted by Crippen LogP contribution is 2.31. The summed E-state index contributed by atoms with van der Waals surface area (Å²) >= 11 is 0. The minimum Gasteiger partial charge on any atom is -0.367 e. The summed E-state index contributed by atoms with van der Waals surface area (Å²) in [7, 11) is 0. The second-order valence-corrected chi connectivity index (χ2v) is 8.27. The lowest BCUT2D eigenvalue weighted by Crippen LogP contribution is -2.48. The van der Waals surface area contributed by atoms with E-state index in [-0.39, 0.29) is 18.2 Å². The third kappa shape index (κ3) is 5.38. The molecule has 0 atom stereocenters. The van der Waals surface area contributed by atoms with E-state index in [9.17, 15) is 9.59 Å². The first-order valence-electron chi connectivity index (χ1n) is 11.1. The zero-order valence-corrected chi connectivity index (χ0v) is 19.3. The monoisotopic (exact) mass is 454 g/mol. The topological polar surface area (TPSA) is 82.8 Å². The number of nitrogens with zero attached hydrogens (tertiary/aromatic N) is 5. The molecule has 3 heterocycles. The van der Waals surface area contributed by atoms with E-state index in [0.717, 1.165) is 41.2 Å². The van der Waals surface area contributed by atoms with Crippen LogP contribution in [0.5, 0.6) is 0 Å². The average molecular weight is 455 g/mol. The van der Waals surface area contributed by atoms with E-state index in [2.05, 4.69) is 25.0 Å². The molecule has 0 saturated carbocycles. The SMILES string of the molecule is [C-]#[N+]c1ccc(CC(=O)Nc2ccc(N3CCN(C(C)=O)CC3)cn2)cc1-c1ccnc(C)c1. The van der Waals surface area contributed by atoms with Crippen LogP contribution < -0.4 is 10.2 Å². The maximum Gasteiger partial charge on any atom is 0.229 e. The van der Waals surface area contributed by atoms with Crippen LogP contribution in [0.1, 0.15) is 18.2 Å². The van der Waals surface area contributed by atoms with Crippen molar-refractivity contribution in [3.63, 3.8) is 0 Å². The maximum absolute atomic E-state index is 12.7. The van der Waals surface area contributed by atoms with Crippen LogP contribution in [0.15, 0.2) is 54.9 Å². The number of anilines is 2. The number of benzene rings is 1. The Morgan fingerprint density at radius 2 is 1.85 bits per heavy atom. The van der Waals surface area contributed by atoms with Crippen LogP contribution >= 0.6 is 0 Å². The molecule has 8 heteroatoms. The molecule has 8 nitrogen and oxygen atoms in total. The number of aromatic nitrogens is 2. The van der Waals surface area contributed by atoms with Gasteiger partial charge in [-0.25, -0.2) is 9.83 Å². The molecule has 4 rings (SSSR count). The molecule has 0 bridgehead atoms. The van der Waals surface area contributed by atoms with Gasteiger partial charge in [-0.05, 0) is 47.9 Å². The Labute approximate surface area is 199 Å². The molecule has 172 valence electrons. The average Bonchev–Trinajstić information content (AvgIpc) is 2.84. The molecule has 34 heavy (non-hydrogen) atoms. The molecule has 0 radical (unpaired) electrons. The summed E-state index contributed by atoms with van der Waals surface area (Å²) in [5.74, 6) is 0.407. The summed E-state index contributed by atoms with van der Waals surface area (Å²) < 4.78 is 0. The number of carbonyl (C=O) groups excluding carboxylic acids is 2. The molecule has 0 unspecified atom stereocenters. The Hall–Kier alpha value is -4.25. The number of rotatable bonds is 5. The summed E-state index contributed by atoms with van der Waals surface area (Å²) in [4.78, 5) is 40.4. The molecule has 2 aromatic heterocycles. The van der Waals surface area contributed by atoms with E-state index in [1.807, 2.05) is 42.2 Å². The number of aryl methyl sites for hydroxylation is 1. The second kappa shape index (κ2) is 10.1. The van der Waals surface area contributed by atoms with E-state index in [1.54, 1.807) is 31.5 Å². The highest BCUT2D eigenvalue weighted by molar-refractivity contribution is 5.92. The molecule has 3 aromatic rings. The Kier molecular flexibility index (Phi) is 6.83. The van der Waals surface area contributed by atoms with E-state index in [0.29, 0.717) is 24.6 Å². The zero-order chi connectivity index (χ0) is 24.1. The largest absolute Gasteiger partial charge is 0.367 e. The van der Waals surface area contributed by atoms with E-state index in [4.69, 9.17) is 6.57 Å². The van der Waals surface area contributed by atoms with Gasteiger partial charge in [0.2, 0.25) is 11.8 Å². The Morgan fingerprint density at radius 3 is 2.50 bits per heavy atom. The number of amides is 2. The lowest BCUT2D eigenvalue weighted by Gasteiger charge is -2.35. The van der Waals surface area contributed by atoms with Crippen molar-refractivity contribution in [2.45, 2.75) is 20.3 Å². The summed E-state index contributed by atoms with van der Waals surface area (Å²) in [5.41, 5.74) is 4.88. The number of nitrogens with one attached hydrogen (secondary N) is 1. The summed E-state index contributed by atoms with van der Waals surface area (Å²) in [6, 6.07) is 13.0. The summed E-state index contributed by atoms with van der Waals surface area (Å²) in [5, 5.41) is 2.85. The molecular formula is C26H26N6O2. The standard InChI is InChI=1S/C26H26N6O2/c1-18-14-21(8-9-28-18)23-15-20(4-6-24(23)27-3)16-26(34)30-25-7-5-22(17-29-25)32-12-10-31(11-13-32)19(2)33/h4-9,14-15,17H,10-13,16H2,1-2H3,(H,29,30,34). The van der Waals surface area contributed by atoms with Gasteiger partial charge in [-0.2, -0.15) is 0 Å². The second-order valence-electron chi connectivity index (χ2n) is 8.27. The van der Waals surface area contributed by atoms with Gasteiger partial charge < -0.3 is 15.1 Å². The van der Waals surface area contributed by atoms with Gasteiger partial charge in [0.1, 0.15) is 5.82 Å². The predicted octanol–water partition coefficient (Wildman–Crippen LogP) is 3.85. The minimum absolute atomic E-state index is 0.0996. The van der Waals surface area contributed by atoms with E-state index >= 15 is 0 Å². The highest BCUT2D eigenvalue weighted by Gasteiger charge is 2.19. The normalized spacial score (nSPS) is 13.3. The van der Waals surface area contributed by atoms with Gasteiger partial charge >= 0.3 is 0 Å². The van der Waals surface area contributed by atoms with Crippen molar-refractivity contribution < 1.29 is 9.59 Å². The van der Waals surface area contributed by atoms with Crippen LogP contribution in [0, 0.1) is 13.5 Å². The Balaban J connectivity index is 1.40. The van der Waals surface area contributed by atoms with Crippen LogP contribution in [0.3, 0.4) is 0 Å². The number of pyridine rings is 2. The van der Waals surface area contributed by atoms with Crippen LogP contribution in [0.25, 0.3) is 16.0 Å².